The van der Waals surface area contributed by atoms with E-state index in [0.717, 1.165) is 19.5 Å². The first-order valence-electron chi connectivity index (χ1n) is 8.28. The molecule has 0 bridgehead atoms. The normalized spacial score (nSPS) is 27.7. The summed E-state index contributed by atoms with van der Waals surface area (Å²) in [6.07, 6.45) is 5.63. The zero-order chi connectivity index (χ0) is 14.5. The Balaban J connectivity index is 1.88. The van der Waals surface area contributed by atoms with E-state index in [4.69, 9.17) is 4.74 Å². The molecule has 0 unspecified atom stereocenters. The molecule has 0 aromatic heterocycles. The zero-order valence-corrected chi connectivity index (χ0v) is 13.3. The summed E-state index contributed by atoms with van der Waals surface area (Å²) in [6, 6.07) is 1.04. The molecule has 2 heterocycles. The summed E-state index contributed by atoms with van der Waals surface area (Å²) in [5.41, 5.74) is 0. The number of likely N-dealkylation sites (tertiary alicyclic amines) is 2. The van der Waals surface area contributed by atoms with Crippen LogP contribution in [-0.4, -0.2) is 60.1 Å². The summed E-state index contributed by atoms with van der Waals surface area (Å²) in [5.74, 6) is 0.288. The van der Waals surface area contributed by atoms with Crippen LogP contribution in [0.1, 0.15) is 52.9 Å². The third kappa shape index (κ3) is 3.73. The minimum absolute atomic E-state index is 0.211. The number of carbonyl (C=O) groups excluding carboxylic acids is 1. The summed E-state index contributed by atoms with van der Waals surface area (Å²) in [6.45, 7) is 10.1. The lowest BCUT2D eigenvalue weighted by Gasteiger charge is -2.34. The van der Waals surface area contributed by atoms with Gasteiger partial charge in [0, 0.05) is 18.6 Å². The summed E-state index contributed by atoms with van der Waals surface area (Å²) >= 11 is 0. The number of hydrogen-bond donors (Lipinski definition) is 0. The standard InChI is InChI=1S/C16H30N2O2/c1-4-17-10-5-7-14(17)15-8-6-11-18(15)16(19)9-12-20-13(2)3/h13-15H,4-12H2,1-3H3/t14-,15-/m1/s1. The molecule has 116 valence electrons. The van der Waals surface area contributed by atoms with E-state index in [1.165, 1.54) is 25.8 Å². The van der Waals surface area contributed by atoms with Crippen LogP contribution in [0.2, 0.25) is 0 Å². The molecule has 4 heteroatoms. The van der Waals surface area contributed by atoms with Crippen molar-refractivity contribution in [3.8, 4) is 0 Å². The molecule has 0 aliphatic carbocycles. The second-order valence-corrected chi connectivity index (χ2v) is 6.30. The van der Waals surface area contributed by atoms with Gasteiger partial charge in [-0.05, 0) is 52.6 Å². The van der Waals surface area contributed by atoms with E-state index in [0.29, 0.717) is 25.1 Å². The Hall–Kier alpha value is -0.610. The lowest BCUT2D eigenvalue weighted by Crippen LogP contribution is -2.48. The molecule has 2 aliphatic rings. The lowest BCUT2D eigenvalue weighted by atomic mass is 10.0. The summed E-state index contributed by atoms with van der Waals surface area (Å²) in [5, 5.41) is 0. The highest BCUT2D eigenvalue weighted by atomic mass is 16.5. The van der Waals surface area contributed by atoms with E-state index in [-0.39, 0.29) is 12.0 Å². The first-order chi connectivity index (χ1) is 9.63. The van der Waals surface area contributed by atoms with Gasteiger partial charge in [0.15, 0.2) is 0 Å². The molecule has 0 spiro atoms. The van der Waals surface area contributed by atoms with Crippen molar-refractivity contribution in [1.29, 1.82) is 0 Å². The molecule has 2 saturated heterocycles. The Bertz CT molecular complexity index is 320. The summed E-state index contributed by atoms with van der Waals surface area (Å²) in [7, 11) is 0. The van der Waals surface area contributed by atoms with Gasteiger partial charge in [-0.1, -0.05) is 6.92 Å². The number of likely N-dealkylation sites (N-methyl/N-ethyl adjacent to an activating group) is 1. The van der Waals surface area contributed by atoms with Crippen LogP contribution in [0.4, 0.5) is 0 Å². The third-order valence-electron chi connectivity index (χ3n) is 4.65. The van der Waals surface area contributed by atoms with E-state index < -0.39 is 0 Å². The number of rotatable bonds is 6. The second kappa shape index (κ2) is 7.41. The van der Waals surface area contributed by atoms with Crippen molar-refractivity contribution in [3.63, 3.8) is 0 Å². The minimum atomic E-state index is 0.211. The zero-order valence-electron chi connectivity index (χ0n) is 13.3. The van der Waals surface area contributed by atoms with Crippen molar-refractivity contribution in [2.75, 3.05) is 26.2 Å². The molecular weight excluding hydrogens is 252 g/mol. The average molecular weight is 282 g/mol. The van der Waals surface area contributed by atoms with Crippen molar-refractivity contribution < 1.29 is 9.53 Å². The highest BCUT2D eigenvalue weighted by molar-refractivity contribution is 5.77. The highest BCUT2D eigenvalue weighted by Gasteiger charge is 2.38. The Morgan fingerprint density at radius 3 is 2.60 bits per heavy atom. The summed E-state index contributed by atoms with van der Waals surface area (Å²) in [4.78, 5) is 17.1. The third-order valence-corrected chi connectivity index (χ3v) is 4.65. The second-order valence-electron chi connectivity index (χ2n) is 6.30. The Labute approximate surface area is 123 Å². The first-order valence-corrected chi connectivity index (χ1v) is 8.28. The predicted octanol–water partition coefficient (Wildman–Crippen LogP) is 2.28. The molecule has 0 aromatic carbocycles. The lowest BCUT2D eigenvalue weighted by molar-refractivity contribution is -0.134. The number of ether oxygens (including phenoxy) is 1. The maximum Gasteiger partial charge on any atom is 0.225 e. The van der Waals surface area contributed by atoms with Gasteiger partial charge < -0.3 is 9.64 Å². The smallest absolute Gasteiger partial charge is 0.225 e. The molecule has 20 heavy (non-hydrogen) atoms. The topological polar surface area (TPSA) is 32.8 Å². The average Bonchev–Trinajstić information content (AvgIpc) is 3.06. The number of hydrogen-bond acceptors (Lipinski definition) is 3. The molecule has 2 rings (SSSR count). The monoisotopic (exact) mass is 282 g/mol. The van der Waals surface area contributed by atoms with Crippen LogP contribution < -0.4 is 0 Å². The Morgan fingerprint density at radius 1 is 1.20 bits per heavy atom. The fourth-order valence-corrected chi connectivity index (χ4v) is 3.71. The number of nitrogens with zero attached hydrogens (tertiary/aromatic N) is 2. The van der Waals surface area contributed by atoms with Crippen LogP contribution in [0.5, 0.6) is 0 Å². The Morgan fingerprint density at radius 2 is 1.90 bits per heavy atom. The molecule has 2 atom stereocenters. The number of amides is 1. The van der Waals surface area contributed by atoms with Crippen LogP contribution in [0.15, 0.2) is 0 Å². The minimum Gasteiger partial charge on any atom is -0.378 e. The van der Waals surface area contributed by atoms with Gasteiger partial charge in [0.25, 0.3) is 0 Å². The van der Waals surface area contributed by atoms with Crippen LogP contribution >= 0.6 is 0 Å². The fourth-order valence-electron chi connectivity index (χ4n) is 3.71. The highest BCUT2D eigenvalue weighted by Crippen LogP contribution is 2.30. The van der Waals surface area contributed by atoms with Crippen LogP contribution in [0, 0.1) is 0 Å². The van der Waals surface area contributed by atoms with Crippen LogP contribution in [0.3, 0.4) is 0 Å². The largest absolute Gasteiger partial charge is 0.378 e. The van der Waals surface area contributed by atoms with Crippen molar-refractivity contribution in [2.45, 2.75) is 71.1 Å². The van der Waals surface area contributed by atoms with Crippen LogP contribution in [-0.2, 0) is 9.53 Å². The van der Waals surface area contributed by atoms with Gasteiger partial charge >= 0.3 is 0 Å². The first kappa shape index (κ1) is 15.8. The molecular formula is C16H30N2O2. The summed E-state index contributed by atoms with van der Waals surface area (Å²) < 4.78 is 5.52. The maximum atomic E-state index is 12.4. The molecule has 4 nitrogen and oxygen atoms in total. The van der Waals surface area contributed by atoms with Crippen molar-refractivity contribution >= 4 is 5.91 Å². The Kier molecular flexibility index (Phi) is 5.85. The number of carbonyl (C=O) groups is 1. The van der Waals surface area contributed by atoms with Gasteiger partial charge in [-0.2, -0.15) is 0 Å². The molecule has 0 saturated carbocycles. The fraction of sp³-hybridized carbons (Fsp3) is 0.938. The van der Waals surface area contributed by atoms with Crippen molar-refractivity contribution in [3.05, 3.63) is 0 Å². The predicted molar refractivity (Wildman–Crippen MR) is 80.7 cm³/mol. The van der Waals surface area contributed by atoms with E-state index in [1.807, 2.05) is 13.8 Å². The molecule has 2 aliphatic heterocycles. The molecule has 2 fully saturated rings. The van der Waals surface area contributed by atoms with E-state index in [1.54, 1.807) is 0 Å². The van der Waals surface area contributed by atoms with Gasteiger partial charge in [-0.15, -0.1) is 0 Å². The van der Waals surface area contributed by atoms with Gasteiger partial charge in [-0.25, -0.2) is 0 Å². The van der Waals surface area contributed by atoms with Gasteiger partial charge in [0.05, 0.1) is 19.1 Å². The van der Waals surface area contributed by atoms with Gasteiger partial charge in [0.2, 0.25) is 5.91 Å². The molecule has 0 aromatic rings. The van der Waals surface area contributed by atoms with Gasteiger partial charge in [-0.3, -0.25) is 9.69 Å². The van der Waals surface area contributed by atoms with E-state index in [2.05, 4.69) is 16.7 Å². The quantitative estimate of drug-likeness (QED) is 0.749. The molecule has 1 amide bonds. The maximum absolute atomic E-state index is 12.4. The van der Waals surface area contributed by atoms with E-state index in [9.17, 15) is 4.79 Å². The van der Waals surface area contributed by atoms with E-state index >= 15 is 0 Å². The SMILES string of the molecule is CCN1CCC[C@@H]1[C@H]1CCCN1C(=O)CCOC(C)C. The van der Waals surface area contributed by atoms with Crippen molar-refractivity contribution in [2.24, 2.45) is 0 Å². The van der Waals surface area contributed by atoms with Gasteiger partial charge in [0.1, 0.15) is 0 Å². The molecule has 0 radical (unpaired) electrons. The molecule has 0 N–H and O–H groups in total. The van der Waals surface area contributed by atoms with Crippen LogP contribution in [0.25, 0.3) is 0 Å². The van der Waals surface area contributed by atoms with Crippen molar-refractivity contribution in [1.82, 2.24) is 9.80 Å².